The molecule has 0 bridgehead atoms. The highest BCUT2D eigenvalue weighted by Crippen LogP contribution is 2.44. The molecule has 0 amide bonds. The third kappa shape index (κ3) is 4.73. The molecule has 2 aliphatic rings. The fourth-order valence-electron chi connectivity index (χ4n) is 5.03. The summed E-state index contributed by atoms with van der Waals surface area (Å²) < 4.78 is 5.23. The van der Waals surface area contributed by atoms with Crippen LogP contribution in [0.3, 0.4) is 0 Å². The Kier molecular flexibility index (Phi) is 7.26. The summed E-state index contributed by atoms with van der Waals surface area (Å²) in [6.07, 6.45) is 4.07. The Labute approximate surface area is 177 Å². The van der Waals surface area contributed by atoms with Crippen molar-refractivity contribution in [1.82, 2.24) is 10.6 Å². The third-order valence-electron chi connectivity index (χ3n) is 6.49. The number of aliphatic carboxylic acids is 1. The van der Waals surface area contributed by atoms with Crippen LogP contribution in [0.1, 0.15) is 51.5 Å². The minimum atomic E-state index is -0.913. The maximum atomic E-state index is 13.4. The van der Waals surface area contributed by atoms with Gasteiger partial charge in [0, 0.05) is 0 Å². The molecule has 1 saturated carbocycles. The predicted octanol–water partition coefficient (Wildman–Crippen LogP) is 2.08. The van der Waals surface area contributed by atoms with Crippen LogP contribution in [0, 0.1) is 5.92 Å². The minimum Gasteiger partial charge on any atom is -0.480 e. The summed E-state index contributed by atoms with van der Waals surface area (Å²) in [5, 5.41) is 15.7. The van der Waals surface area contributed by atoms with E-state index in [0.717, 1.165) is 18.4 Å². The monoisotopic (exact) mass is 416 g/mol. The minimum absolute atomic E-state index is 0.0284. The van der Waals surface area contributed by atoms with Crippen LogP contribution < -0.4 is 10.6 Å². The second kappa shape index (κ2) is 9.71. The molecule has 3 rings (SSSR count). The van der Waals surface area contributed by atoms with Crippen molar-refractivity contribution < 1.29 is 24.2 Å². The number of carbonyl (C=O) groups is 3. The quantitative estimate of drug-likeness (QED) is 0.502. The van der Waals surface area contributed by atoms with Gasteiger partial charge >= 0.3 is 11.9 Å². The van der Waals surface area contributed by atoms with Crippen molar-refractivity contribution in [2.75, 3.05) is 6.61 Å². The van der Waals surface area contributed by atoms with E-state index in [1.54, 1.807) is 13.8 Å². The molecule has 5 atom stereocenters. The Morgan fingerprint density at radius 2 is 2.03 bits per heavy atom. The van der Waals surface area contributed by atoms with Crippen molar-refractivity contribution in [3.05, 3.63) is 35.9 Å². The molecule has 1 aromatic rings. The fourth-order valence-corrected chi connectivity index (χ4v) is 5.03. The van der Waals surface area contributed by atoms with Crippen molar-refractivity contribution >= 4 is 17.7 Å². The molecule has 0 aromatic heterocycles. The zero-order valence-corrected chi connectivity index (χ0v) is 17.7. The summed E-state index contributed by atoms with van der Waals surface area (Å²) in [5.74, 6) is -1.30. The highest BCUT2D eigenvalue weighted by atomic mass is 16.5. The molecule has 1 unspecified atom stereocenters. The topological polar surface area (TPSA) is 105 Å². The van der Waals surface area contributed by atoms with E-state index in [2.05, 4.69) is 10.6 Å². The second-order valence-electron chi connectivity index (χ2n) is 8.41. The van der Waals surface area contributed by atoms with E-state index >= 15 is 0 Å². The Hall–Kier alpha value is -2.25. The van der Waals surface area contributed by atoms with Crippen LogP contribution in [0.15, 0.2) is 30.3 Å². The van der Waals surface area contributed by atoms with Gasteiger partial charge in [-0.3, -0.25) is 25.0 Å². The lowest BCUT2D eigenvalue weighted by molar-refractivity contribution is -0.146. The van der Waals surface area contributed by atoms with Gasteiger partial charge in [0.15, 0.2) is 5.78 Å². The number of nitrogens with one attached hydrogen (secondary N) is 2. The molecule has 0 spiro atoms. The van der Waals surface area contributed by atoms with Gasteiger partial charge in [-0.1, -0.05) is 36.8 Å². The second-order valence-corrected chi connectivity index (χ2v) is 8.41. The number of ketones is 1. The molecule has 1 aliphatic carbocycles. The SMILES string of the molecule is CCOC(=O)C(CCc1ccccc1)N[C@@H](C)C(=O)[C@@]12CCC[C@@H]1C[C@H](C(=O)O)N2. The summed E-state index contributed by atoms with van der Waals surface area (Å²) in [4.78, 5) is 37.4. The van der Waals surface area contributed by atoms with Crippen LogP contribution >= 0.6 is 0 Å². The average Bonchev–Trinajstić information content (AvgIpc) is 3.30. The molecule has 0 radical (unpaired) electrons. The lowest BCUT2D eigenvalue weighted by Crippen LogP contribution is -2.60. The highest BCUT2D eigenvalue weighted by Gasteiger charge is 2.56. The first-order valence-electron chi connectivity index (χ1n) is 10.9. The maximum absolute atomic E-state index is 13.4. The summed E-state index contributed by atoms with van der Waals surface area (Å²) >= 11 is 0. The summed E-state index contributed by atoms with van der Waals surface area (Å²) in [7, 11) is 0. The van der Waals surface area contributed by atoms with Crippen LogP contribution in [-0.2, 0) is 25.5 Å². The van der Waals surface area contributed by atoms with Gasteiger partial charge in [0.1, 0.15) is 12.1 Å². The fraction of sp³-hybridized carbons (Fsp3) is 0.609. The van der Waals surface area contributed by atoms with Gasteiger partial charge in [0.05, 0.1) is 18.2 Å². The van der Waals surface area contributed by atoms with Crippen LogP contribution in [0.5, 0.6) is 0 Å². The molecule has 164 valence electrons. The molecule has 3 N–H and O–H groups in total. The zero-order valence-electron chi connectivity index (χ0n) is 17.7. The van der Waals surface area contributed by atoms with Crippen LogP contribution in [0.4, 0.5) is 0 Å². The van der Waals surface area contributed by atoms with Gasteiger partial charge < -0.3 is 9.84 Å². The van der Waals surface area contributed by atoms with Gasteiger partial charge in [0.2, 0.25) is 0 Å². The molecule has 1 aromatic carbocycles. The number of aryl methyl sites for hydroxylation is 1. The summed E-state index contributed by atoms with van der Waals surface area (Å²) in [6.45, 7) is 3.80. The van der Waals surface area contributed by atoms with E-state index in [1.165, 1.54) is 0 Å². The molecule has 1 aliphatic heterocycles. The number of ether oxygens (including phenoxy) is 1. The van der Waals surface area contributed by atoms with Gasteiger partial charge in [-0.25, -0.2) is 0 Å². The average molecular weight is 417 g/mol. The Bertz CT molecular complexity index is 768. The Morgan fingerprint density at radius 3 is 2.70 bits per heavy atom. The number of rotatable bonds is 10. The maximum Gasteiger partial charge on any atom is 0.323 e. The molecule has 1 saturated heterocycles. The first-order valence-corrected chi connectivity index (χ1v) is 10.9. The normalized spacial score (nSPS) is 27.3. The van der Waals surface area contributed by atoms with Gasteiger partial charge in [-0.05, 0) is 57.4 Å². The standard InChI is InChI=1S/C23H32N2O5/c1-3-30-22(29)18(12-11-16-8-5-4-6-9-16)24-15(2)20(26)23-13-7-10-17(23)14-19(25-23)21(27)28/h4-6,8-9,15,17-19,24-25H,3,7,10-14H2,1-2H3,(H,27,28)/t15-,17+,18?,19+,23+/m0/s1. The van der Waals surface area contributed by atoms with E-state index < -0.39 is 29.6 Å². The molecular formula is C23H32N2O5. The molecule has 7 nitrogen and oxygen atoms in total. The van der Waals surface area contributed by atoms with E-state index in [0.29, 0.717) is 25.7 Å². The van der Waals surface area contributed by atoms with E-state index in [4.69, 9.17) is 4.74 Å². The summed E-state index contributed by atoms with van der Waals surface area (Å²) in [5.41, 5.74) is 0.303. The number of esters is 1. The number of carboxylic acid groups (broad SMARTS) is 1. The molecule has 2 fully saturated rings. The molecule has 7 heteroatoms. The van der Waals surface area contributed by atoms with Crippen LogP contribution in [0.25, 0.3) is 0 Å². The van der Waals surface area contributed by atoms with Crippen LogP contribution in [0.2, 0.25) is 0 Å². The van der Waals surface area contributed by atoms with E-state index in [1.807, 2.05) is 30.3 Å². The first-order chi connectivity index (χ1) is 14.4. The third-order valence-corrected chi connectivity index (χ3v) is 6.49. The van der Waals surface area contributed by atoms with Gasteiger partial charge in [-0.2, -0.15) is 0 Å². The summed E-state index contributed by atoms with van der Waals surface area (Å²) in [6, 6.07) is 8.00. The highest BCUT2D eigenvalue weighted by molar-refractivity contribution is 5.95. The lowest BCUT2D eigenvalue weighted by atomic mass is 9.81. The Balaban J connectivity index is 1.69. The van der Waals surface area contributed by atoms with Crippen molar-refractivity contribution in [3.63, 3.8) is 0 Å². The predicted molar refractivity (Wildman–Crippen MR) is 112 cm³/mol. The van der Waals surface area contributed by atoms with E-state index in [9.17, 15) is 19.5 Å². The first kappa shape index (κ1) is 22.4. The number of carboxylic acids is 1. The molecule has 1 heterocycles. The number of fused-ring (bicyclic) bond motifs is 1. The number of Topliss-reactive ketones (excluding diaryl/α,β-unsaturated/α-hetero) is 1. The van der Waals surface area contributed by atoms with Gasteiger partial charge in [-0.15, -0.1) is 0 Å². The lowest BCUT2D eigenvalue weighted by Gasteiger charge is -2.33. The molecule has 30 heavy (non-hydrogen) atoms. The van der Waals surface area contributed by atoms with Crippen molar-refractivity contribution in [1.29, 1.82) is 0 Å². The number of hydrogen-bond acceptors (Lipinski definition) is 6. The number of benzene rings is 1. The Morgan fingerprint density at radius 1 is 1.30 bits per heavy atom. The van der Waals surface area contributed by atoms with Crippen molar-refractivity contribution in [2.24, 2.45) is 5.92 Å². The zero-order chi connectivity index (χ0) is 21.7. The number of carbonyl (C=O) groups excluding carboxylic acids is 2. The number of hydrogen-bond donors (Lipinski definition) is 3. The van der Waals surface area contributed by atoms with Gasteiger partial charge in [0.25, 0.3) is 0 Å². The van der Waals surface area contributed by atoms with Crippen molar-refractivity contribution in [3.8, 4) is 0 Å². The van der Waals surface area contributed by atoms with Crippen LogP contribution in [-0.4, -0.2) is 53.1 Å². The largest absolute Gasteiger partial charge is 0.480 e. The van der Waals surface area contributed by atoms with Crippen molar-refractivity contribution in [2.45, 2.75) is 76.0 Å². The van der Waals surface area contributed by atoms with E-state index in [-0.39, 0.29) is 24.3 Å². The molecular weight excluding hydrogens is 384 g/mol. The smallest absolute Gasteiger partial charge is 0.323 e.